The zero-order valence-corrected chi connectivity index (χ0v) is 16.7. The first-order valence-corrected chi connectivity index (χ1v) is 10.3. The Hall–Kier alpha value is -2.30. The Labute approximate surface area is 164 Å². The summed E-state index contributed by atoms with van der Waals surface area (Å²) >= 11 is 2.59. The van der Waals surface area contributed by atoms with Crippen molar-refractivity contribution >= 4 is 45.6 Å². The number of carbonyl (C=O) groups excluding carboxylic acids is 3. The molecule has 1 aliphatic heterocycles. The fraction of sp³-hybridized carbons (Fsp3) is 0.412. The third-order valence-electron chi connectivity index (χ3n) is 4.08. The van der Waals surface area contributed by atoms with Gasteiger partial charge in [0, 0.05) is 18.0 Å². The zero-order chi connectivity index (χ0) is 19.4. The topological polar surface area (TPSA) is 101 Å². The molecule has 2 N–H and O–H groups in total. The molecule has 0 spiro atoms. The minimum absolute atomic E-state index is 0.163. The number of anilines is 1. The van der Waals surface area contributed by atoms with Gasteiger partial charge in [-0.3, -0.25) is 19.8 Å². The predicted molar refractivity (Wildman–Crippen MR) is 104 cm³/mol. The zero-order valence-electron chi connectivity index (χ0n) is 15.0. The second-order valence-electron chi connectivity index (χ2n) is 5.80. The van der Waals surface area contributed by atoms with Gasteiger partial charge in [-0.1, -0.05) is 6.92 Å². The standard InChI is InChI=1S/C17H20N4O4S2/c1-3-21-7-5-12-11(9-21)18-16(27-12)14(23)19-15-10(6-8-26-15)13(22)20-17(24)25-4-2/h6,8H,3-5,7,9H2,1-2H3,(H,19,23)(H,20,22,24). The van der Waals surface area contributed by atoms with Crippen molar-refractivity contribution in [1.29, 1.82) is 0 Å². The summed E-state index contributed by atoms with van der Waals surface area (Å²) in [6.45, 7) is 6.58. The summed E-state index contributed by atoms with van der Waals surface area (Å²) in [7, 11) is 0. The lowest BCUT2D eigenvalue weighted by atomic mass is 10.2. The number of nitrogens with one attached hydrogen (secondary N) is 2. The molecule has 3 rings (SSSR count). The van der Waals surface area contributed by atoms with Crippen LogP contribution in [0.2, 0.25) is 0 Å². The number of hydrogen-bond acceptors (Lipinski definition) is 8. The van der Waals surface area contributed by atoms with Gasteiger partial charge in [0.1, 0.15) is 5.00 Å². The number of carbonyl (C=O) groups is 3. The van der Waals surface area contributed by atoms with E-state index in [1.807, 2.05) is 0 Å². The fourth-order valence-corrected chi connectivity index (χ4v) is 4.42. The molecule has 3 heterocycles. The smallest absolute Gasteiger partial charge is 0.414 e. The number of hydrogen-bond donors (Lipinski definition) is 2. The fourth-order valence-electron chi connectivity index (χ4n) is 2.69. The van der Waals surface area contributed by atoms with Gasteiger partial charge in [-0.05, 0) is 31.3 Å². The summed E-state index contributed by atoms with van der Waals surface area (Å²) in [5.41, 5.74) is 1.16. The molecule has 0 fully saturated rings. The van der Waals surface area contributed by atoms with E-state index in [1.165, 1.54) is 22.7 Å². The molecule has 0 aromatic carbocycles. The summed E-state index contributed by atoms with van der Waals surface area (Å²) < 4.78 is 4.70. The normalized spacial score (nSPS) is 13.7. The highest BCUT2D eigenvalue weighted by molar-refractivity contribution is 7.15. The molecule has 0 bridgehead atoms. The van der Waals surface area contributed by atoms with Crippen molar-refractivity contribution in [2.45, 2.75) is 26.8 Å². The number of rotatable bonds is 5. The molecule has 0 unspecified atom stereocenters. The first-order chi connectivity index (χ1) is 13.0. The number of thiazole rings is 1. The van der Waals surface area contributed by atoms with E-state index in [-0.39, 0.29) is 18.1 Å². The van der Waals surface area contributed by atoms with Crippen molar-refractivity contribution < 1.29 is 19.1 Å². The number of likely N-dealkylation sites (N-methyl/N-ethyl adjacent to an activating group) is 1. The number of nitrogens with zero attached hydrogens (tertiary/aromatic N) is 2. The van der Waals surface area contributed by atoms with Gasteiger partial charge >= 0.3 is 6.09 Å². The van der Waals surface area contributed by atoms with Crippen molar-refractivity contribution in [1.82, 2.24) is 15.2 Å². The van der Waals surface area contributed by atoms with Gasteiger partial charge in [-0.15, -0.1) is 22.7 Å². The van der Waals surface area contributed by atoms with Crippen LogP contribution in [0.15, 0.2) is 11.4 Å². The van der Waals surface area contributed by atoms with Crippen LogP contribution in [-0.2, 0) is 17.7 Å². The van der Waals surface area contributed by atoms with Crippen molar-refractivity contribution in [3.8, 4) is 0 Å². The highest BCUT2D eigenvalue weighted by Crippen LogP contribution is 2.28. The van der Waals surface area contributed by atoms with Crippen LogP contribution in [0.25, 0.3) is 0 Å². The molecule has 8 nitrogen and oxygen atoms in total. The number of thiophene rings is 1. The van der Waals surface area contributed by atoms with Gasteiger partial charge in [0.2, 0.25) is 0 Å². The molecule has 0 radical (unpaired) electrons. The van der Waals surface area contributed by atoms with Gasteiger partial charge in [-0.2, -0.15) is 0 Å². The van der Waals surface area contributed by atoms with E-state index in [4.69, 9.17) is 4.74 Å². The summed E-state index contributed by atoms with van der Waals surface area (Å²) in [5.74, 6) is -0.980. The molecule has 27 heavy (non-hydrogen) atoms. The van der Waals surface area contributed by atoms with E-state index in [9.17, 15) is 14.4 Å². The maximum atomic E-state index is 12.6. The minimum Gasteiger partial charge on any atom is -0.450 e. The van der Waals surface area contributed by atoms with Crippen molar-refractivity contribution in [2.24, 2.45) is 0 Å². The molecule has 10 heteroatoms. The Balaban J connectivity index is 1.69. The lowest BCUT2D eigenvalue weighted by Crippen LogP contribution is -2.31. The average Bonchev–Trinajstić information content (AvgIpc) is 3.27. The maximum absolute atomic E-state index is 12.6. The highest BCUT2D eigenvalue weighted by atomic mass is 32.1. The van der Waals surface area contributed by atoms with Crippen LogP contribution in [0, 0.1) is 0 Å². The lowest BCUT2D eigenvalue weighted by Gasteiger charge is -2.23. The minimum atomic E-state index is -0.820. The van der Waals surface area contributed by atoms with Crippen molar-refractivity contribution in [2.75, 3.05) is 25.0 Å². The Morgan fingerprint density at radius 2 is 2.11 bits per heavy atom. The van der Waals surface area contributed by atoms with Crippen LogP contribution < -0.4 is 10.6 Å². The van der Waals surface area contributed by atoms with E-state index in [1.54, 1.807) is 18.4 Å². The molecule has 3 amide bonds. The molecule has 0 saturated carbocycles. The maximum Gasteiger partial charge on any atom is 0.414 e. The number of ether oxygens (including phenoxy) is 1. The molecule has 2 aromatic rings. The van der Waals surface area contributed by atoms with Gasteiger partial charge in [-0.25, -0.2) is 9.78 Å². The number of fused-ring (bicyclic) bond motifs is 1. The molecular weight excluding hydrogens is 388 g/mol. The second-order valence-corrected chi connectivity index (χ2v) is 7.80. The Bertz CT molecular complexity index is 861. The average molecular weight is 409 g/mol. The SMILES string of the molecule is CCOC(=O)NC(=O)c1ccsc1NC(=O)c1nc2c(s1)CCN(CC)C2. The van der Waals surface area contributed by atoms with E-state index in [0.717, 1.165) is 36.6 Å². The monoisotopic (exact) mass is 408 g/mol. The molecule has 144 valence electrons. The molecule has 0 aliphatic carbocycles. The van der Waals surface area contributed by atoms with Gasteiger partial charge in [0.05, 0.1) is 17.9 Å². The molecule has 2 aromatic heterocycles. The number of imide groups is 1. The van der Waals surface area contributed by atoms with Crippen LogP contribution in [0.3, 0.4) is 0 Å². The molecular formula is C17H20N4O4S2. The van der Waals surface area contributed by atoms with E-state index in [0.29, 0.717) is 10.0 Å². The first-order valence-electron chi connectivity index (χ1n) is 8.59. The van der Waals surface area contributed by atoms with Crippen LogP contribution in [-0.4, -0.2) is 47.5 Å². The van der Waals surface area contributed by atoms with Gasteiger partial charge in [0.15, 0.2) is 5.01 Å². The Kier molecular flexibility index (Phi) is 6.19. The lowest BCUT2D eigenvalue weighted by molar-refractivity contribution is 0.0926. The Morgan fingerprint density at radius 1 is 1.30 bits per heavy atom. The third-order valence-corrected chi connectivity index (χ3v) is 6.06. The predicted octanol–water partition coefficient (Wildman–Crippen LogP) is 2.72. The largest absolute Gasteiger partial charge is 0.450 e. The highest BCUT2D eigenvalue weighted by Gasteiger charge is 2.24. The Morgan fingerprint density at radius 3 is 2.85 bits per heavy atom. The van der Waals surface area contributed by atoms with E-state index >= 15 is 0 Å². The quantitative estimate of drug-likeness (QED) is 0.789. The van der Waals surface area contributed by atoms with Crippen LogP contribution in [0.5, 0.6) is 0 Å². The number of alkyl carbamates (subject to hydrolysis) is 1. The first kappa shape index (κ1) is 19.5. The van der Waals surface area contributed by atoms with Crippen LogP contribution in [0.4, 0.5) is 9.80 Å². The number of aromatic nitrogens is 1. The second kappa shape index (κ2) is 8.59. The van der Waals surface area contributed by atoms with Crippen molar-refractivity contribution in [3.05, 3.63) is 32.6 Å². The number of amides is 3. The van der Waals surface area contributed by atoms with Crippen molar-refractivity contribution in [3.63, 3.8) is 0 Å². The van der Waals surface area contributed by atoms with E-state index in [2.05, 4.69) is 27.4 Å². The van der Waals surface area contributed by atoms with Gasteiger partial charge < -0.3 is 10.1 Å². The molecule has 1 aliphatic rings. The summed E-state index contributed by atoms with van der Waals surface area (Å²) in [6, 6.07) is 1.54. The molecule has 0 atom stereocenters. The summed E-state index contributed by atoms with van der Waals surface area (Å²) in [4.78, 5) is 44.1. The van der Waals surface area contributed by atoms with Crippen LogP contribution in [0.1, 0.15) is 44.6 Å². The van der Waals surface area contributed by atoms with Gasteiger partial charge in [0.25, 0.3) is 11.8 Å². The van der Waals surface area contributed by atoms with Crippen LogP contribution >= 0.6 is 22.7 Å². The summed E-state index contributed by atoms with van der Waals surface area (Å²) in [6.07, 6.45) is 0.0689. The summed E-state index contributed by atoms with van der Waals surface area (Å²) in [5, 5.41) is 7.26. The van der Waals surface area contributed by atoms with E-state index < -0.39 is 12.0 Å². The molecule has 0 saturated heterocycles. The third kappa shape index (κ3) is 4.52.